The second kappa shape index (κ2) is 10.0. The number of sulfonamides is 2. The van der Waals surface area contributed by atoms with E-state index in [2.05, 4.69) is 19.7 Å². The van der Waals surface area contributed by atoms with Gasteiger partial charge in [0.05, 0.1) is 20.5 Å². The molecule has 0 unspecified atom stereocenters. The molecule has 35 heavy (non-hydrogen) atoms. The van der Waals surface area contributed by atoms with E-state index in [4.69, 9.17) is 11.6 Å². The molecule has 1 aromatic heterocycles. The second-order valence-electron chi connectivity index (χ2n) is 7.03. The van der Waals surface area contributed by atoms with E-state index in [1.165, 1.54) is 60.8 Å². The van der Waals surface area contributed by atoms with Crippen LogP contribution in [-0.4, -0.2) is 27.7 Å². The smallest absolute Gasteiger partial charge is 0.263 e. The van der Waals surface area contributed by atoms with Gasteiger partial charge in [0.2, 0.25) is 0 Å². The van der Waals surface area contributed by atoms with Gasteiger partial charge in [-0.05, 0) is 54.6 Å². The second-order valence-corrected chi connectivity index (χ2v) is 11.7. The maximum absolute atomic E-state index is 12.6. The van der Waals surface area contributed by atoms with Gasteiger partial charge in [-0.3, -0.25) is 14.2 Å². The molecule has 3 N–H and O–H groups in total. The quantitative estimate of drug-likeness (QED) is 0.293. The van der Waals surface area contributed by atoms with Crippen molar-refractivity contribution in [3.8, 4) is 0 Å². The van der Waals surface area contributed by atoms with E-state index in [0.717, 1.165) is 11.3 Å². The van der Waals surface area contributed by atoms with Gasteiger partial charge in [-0.2, -0.15) is 0 Å². The number of halogens is 1. The van der Waals surface area contributed by atoms with Gasteiger partial charge in [0.25, 0.3) is 26.0 Å². The van der Waals surface area contributed by atoms with Gasteiger partial charge in [0.1, 0.15) is 0 Å². The van der Waals surface area contributed by atoms with Crippen molar-refractivity contribution in [2.24, 2.45) is 0 Å². The van der Waals surface area contributed by atoms with Crippen molar-refractivity contribution in [1.82, 2.24) is 4.98 Å². The molecule has 0 radical (unpaired) electrons. The number of aromatic nitrogens is 1. The molecule has 0 atom stereocenters. The first kappa shape index (κ1) is 24.7. The zero-order chi connectivity index (χ0) is 25.1. The van der Waals surface area contributed by atoms with Crippen molar-refractivity contribution in [2.45, 2.75) is 9.79 Å². The third-order valence-electron chi connectivity index (χ3n) is 4.61. The van der Waals surface area contributed by atoms with Crippen LogP contribution < -0.4 is 14.8 Å². The van der Waals surface area contributed by atoms with Gasteiger partial charge >= 0.3 is 0 Å². The molecule has 4 rings (SSSR count). The zero-order valence-corrected chi connectivity index (χ0v) is 20.9. The average molecular weight is 549 g/mol. The van der Waals surface area contributed by atoms with Crippen LogP contribution in [0, 0.1) is 0 Å². The molecule has 1 heterocycles. The molecule has 0 aliphatic carbocycles. The minimum atomic E-state index is -3.84. The summed E-state index contributed by atoms with van der Waals surface area (Å²) in [5.41, 5.74) is 0.655. The first-order chi connectivity index (χ1) is 16.6. The predicted octanol–water partition coefficient (Wildman–Crippen LogP) is 4.65. The van der Waals surface area contributed by atoms with E-state index in [-0.39, 0.29) is 31.2 Å². The normalized spacial score (nSPS) is 11.6. The Kier molecular flexibility index (Phi) is 7.08. The SMILES string of the molecule is O=C(Nc1ccc(S(=O)(=O)Nc2nccs2)cc1)c1ccc(NS(=O)(=O)c2ccccc2)c(Cl)c1. The highest BCUT2D eigenvalue weighted by molar-refractivity contribution is 7.93. The Morgan fingerprint density at radius 2 is 1.49 bits per heavy atom. The number of carbonyl (C=O) groups excluding carboxylic acids is 1. The van der Waals surface area contributed by atoms with Gasteiger partial charge in [-0.15, -0.1) is 11.3 Å². The van der Waals surface area contributed by atoms with Gasteiger partial charge in [0.15, 0.2) is 5.13 Å². The van der Waals surface area contributed by atoms with Crippen molar-refractivity contribution in [3.63, 3.8) is 0 Å². The summed E-state index contributed by atoms with van der Waals surface area (Å²) < 4.78 is 54.6. The van der Waals surface area contributed by atoms with Crippen molar-refractivity contribution < 1.29 is 21.6 Å². The van der Waals surface area contributed by atoms with E-state index in [1.807, 2.05) is 0 Å². The molecule has 9 nitrogen and oxygen atoms in total. The van der Waals surface area contributed by atoms with Crippen molar-refractivity contribution >= 4 is 65.4 Å². The maximum atomic E-state index is 12.6. The molecule has 0 aliphatic heterocycles. The highest BCUT2D eigenvalue weighted by Gasteiger charge is 2.18. The summed E-state index contributed by atoms with van der Waals surface area (Å²) in [5.74, 6) is -0.513. The number of benzene rings is 3. The zero-order valence-electron chi connectivity index (χ0n) is 17.7. The molecule has 0 saturated heterocycles. The molecule has 180 valence electrons. The number of nitrogens with one attached hydrogen (secondary N) is 3. The molecule has 0 spiro atoms. The average Bonchev–Trinajstić information content (AvgIpc) is 3.33. The summed E-state index contributed by atoms with van der Waals surface area (Å²) in [4.78, 5) is 16.6. The minimum Gasteiger partial charge on any atom is -0.322 e. The number of anilines is 3. The standard InChI is InChI=1S/C22H17ClN4O5S3/c23-19-14-15(6-11-20(19)26-34(29,30)17-4-2-1-3-5-17)21(28)25-16-7-9-18(10-8-16)35(31,32)27-22-24-12-13-33-22/h1-14,26H,(H,24,27)(H,25,28). The van der Waals surface area contributed by atoms with Gasteiger partial charge in [-0.25, -0.2) is 21.8 Å². The first-order valence-corrected chi connectivity index (χ1v) is 14.1. The van der Waals surface area contributed by atoms with Crippen LogP contribution in [0.15, 0.2) is 94.2 Å². The molecule has 1 amide bonds. The van der Waals surface area contributed by atoms with Crippen LogP contribution in [0.3, 0.4) is 0 Å². The van der Waals surface area contributed by atoms with Crippen LogP contribution in [0.4, 0.5) is 16.5 Å². The molecular weight excluding hydrogens is 532 g/mol. The van der Waals surface area contributed by atoms with Crippen LogP contribution in [0.5, 0.6) is 0 Å². The number of thiazole rings is 1. The van der Waals surface area contributed by atoms with Crippen molar-refractivity contribution in [3.05, 3.63) is 95.0 Å². The maximum Gasteiger partial charge on any atom is 0.263 e. The summed E-state index contributed by atoms with van der Waals surface area (Å²) >= 11 is 7.36. The fourth-order valence-corrected chi connectivity index (χ4v) is 6.08. The predicted molar refractivity (Wildman–Crippen MR) is 136 cm³/mol. The highest BCUT2D eigenvalue weighted by Crippen LogP contribution is 2.26. The minimum absolute atomic E-state index is 0.00351. The summed E-state index contributed by atoms with van der Waals surface area (Å²) in [6.45, 7) is 0. The van der Waals surface area contributed by atoms with E-state index in [9.17, 15) is 21.6 Å². The third-order valence-corrected chi connectivity index (χ3v) is 8.47. The van der Waals surface area contributed by atoms with Gasteiger partial charge < -0.3 is 5.32 Å². The lowest BCUT2D eigenvalue weighted by molar-refractivity contribution is 0.102. The molecule has 4 aromatic rings. The van der Waals surface area contributed by atoms with E-state index >= 15 is 0 Å². The number of hydrogen-bond donors (Lipinski definition) is 3. The lowest BCUT2D eigenvalue weighted by atomic mass is 10.2. The Balaban J connectivity index is 1.44. The Morgan fingerprint density at radius 3 is 2.11 bits per heavy atom. The van der Waals surface area contributed by atoms with Crippen LogP contribution >= 0.6 is 22.9 Å². The van der Waals surface area contributed by atoms with Gasteiger partial charge in [-0.1, -0.05) is 29.8 Å². The molecular formula is C22H17ClN4O5S3. The summed E-state index contributed by atoms with van der Waals surface area (Å²) in [7, 11) is -7.66. The Morgan fingerprint density at radius 1 is 0.829 bits per heavy atom. The molecule has 0 bridgehead atoms. The third kappa shape index (κ3) is 5.98. The molecule has 13 heteroatoms. The fourth-order valence-electron chi connectivity index (χ4n) is 2.91. The first-order valence-electron chi connectivity index (χ1n) is 9.85. The van der Waals surface area contributed by atoms with E-state index in [1.54, 1.807) is 23.6 Å². The Labute approximate surface area is 210 Å². The topological polar surface area (TPSA) is 134 Å². The van der Waals surface area contributed by atoms with Crippen LogP contribution in [-0.2, 0) is 20.0 Å². The number of amides is 1. The Hall–Kier alpha value is -3.45. The lowest BCUT2D eigenvalue weighted by Crippen LogP contribution is -2.15. The fraction of sp³-hybridized carbons (Fsp3) is 0. The summed E-state index contributed by atoms with van der Waals surface area (Å²) in [6.07, 6.45) is 1.48. The number of carbonyl (C=O) groups is 1. The van der Waals surface area contributed by atoms with Gasteiger partial charge in [0, 0.05) is 22.8 Å². The molecule has 3 aromatic carbocycles. The van der Waals surface area contributed by atoms with Crippen LogP contribution in [0.2, 0.25) is 5.02 Å². The monoisotopic (exact) mass is 548 g/mol. The molecule has 0 fully saturated rings. The number of hydrogen-bond acceptors (Lipinski definition) is 7. The van der Waals surface area contributed by atoms with Crippen LogP contribution in [0.25, 0.3) is 0 Å². The lowest BCUT2D eigenvalue weighted by Gasteiger charge is -2.11. The number of rotatable bonds is 8. The number of nitrogens with zero attached hydrogens (tertiary/aromatic N) is 1. The van der Waals surface area contributed by atoms with Crippen molar-refractivity contribution in [1.29, 1.82) is 0 Å². The Bertz CT molecular complexity index is 1560. The van der Waals surface area contributed by atoms with E-state index in [0.29, 0.717) is 5.69 Å². The molecule has 0 aliphatic rings. The summed E-state index contributed by atoms with van der Waals surface area (Å²) in [6, 6.07) is 17.5. The van der Waals surface area contributed by atoms with E-state index < -0.39 is 26.0 Å². The highest BCUT2D eigenvalue weighted by atomic mass is 35.5. The van der Waals surface area contributed by atoms with Crippen molar-refractivity contribution in [2.75, 3.05) is 14.8 Å². The summed E-state index contributed by atoms with van der Waals surface area (Å²) in [5, 5.41) is 4.57. The molecule has 0 saturated carbocycles. The van der Waals surface area contributed by atoms with Crippen LogP contribution in [0.1, 0.15) is 10.4 Å². The largest absolute Gasteiger partial charge is 0.322 e.